The zero-order valence-corrected chi connectivity index (χ0v) is 11.3. The number of benzene rings is 2. The van der Waals surface area contributed by atoms with Crippen molar-refractivity contribution < 1.29 is 4.74 Å². The Labute approximate surface area is 113 Å². The van der Waals surface area contributed by atoms with E-state index in [0.717, 1.165) is 28.6 Å². The molecule has 4 nitrogen and oxygen atoms in total. The maximum absolute atomic E-state index is 7.61. The monoisotopic (exact) mass is 257 g/mol. The van der Waals surface area contributed by atoms with Crippen molar-refractivity contribution in [1.82, 2.24) is 4.90 Å². The molecular formula is C15H19N3O. The number of nitrogens with two attached hydrogens (primary N) is 1. The number of ether oxygens (including phenoxy) is 1. The molecule has 0 aliphatic rings. The normalized spacial score (nSPS) is 10.9. The van der Waals surface area contributed by atoms with Crippen molar-refractivity contribution in [1.29, 1.82) is 5.41 Å². The Morgan fingerprint density at radius 3 is 2.47 bits per heavy atom. The summed E-state index contributed by atoms with van der Waals surface area (Å²) in [5.41, 5.74) is 6.35. The molecule has 100 valence electrons. The van der Waals surface area contributed by atoms with Gasteiger partial charge < -0.3 is 15.4 Å². The molecule has 0 spiro atoms. The third-order valence-electron chi connectivity index (χ3n) is 2.97. The van der Waals surface area contributed by atoms with Gasteiger partial charge in [0.25, 0.3) is 0 Å². The molecule has 0 aliphatic heterocycles. The fourth-order valence-electron chi connectivity index (χ4n) is 1.97. The first kappa shape index (κ1) is 13.4. The van der Waals surface area contributed by atoms with E-state index < -0.39 is 0 Å². The zero-order valence-electron chi connectivity index (χ0n) is 11.3. The second-order valence-electron chi connectivity index (χ2n) is 4.72. The topological polar surface area (TPSA) is 62.3 Å². The lowest BCUT2D eigenvalue weighted by atomic mass is 10.0. The number of likely N-dealkylation sites (N-methyl/N-ethyl adjacent to an activating group) is 1. The number of nitrogens with zero attached hydrogens (tertiary/aromatic N) is 1. The molecule has 0 atom stereocenters. The minimum atomic E-state index is 0.0797. The van der Waals surface area contributed by atoms with E-state index in [1.54, 1.807) is 0 Å². The molecule has 0 bridgehead atoms. The smallest absolute Gasteiger partial charge is 0.127 e. The lowest BCUT2D eigenvalue weighted by Gasteiger charge is -2.14. The molecule has 0 radical (unpaired) electrons. The number of amidine groups is 1. The van der Waals surface area contributed by atoms with Gasteiger partial charge in [-0.1, -0.05) is 24.3 Å². The van der Waals surface area contributed by atoms with Gasteiger partial charge in [-0.15, -0.1) is 0 Å². The molecule has 0 heterocycles. The van der Waals surface area contributed by atoms with E-state index in [9.17, 15) is 0 Å². The Morgan fingerprint density at radius 2 is 1.84 bits per heavy atom. The second-order valence-corrected chi connectivity index (χ2v) is 4.72. The first-order valence-electron chi connectivity index (χ1n) is 6.23. The Bertz CT molecular complexity index is 593. The Kier molecular flexibility index (Phi) is 4.02. The highest BCUT2D eigenvalue weighted by Crippen LogP contribution is 2.28. The van der Waals surface area contributed by atoms with Crippen molar-refractivity contribution in [3.05, 3.63) is 42.0 Å². The predicted octanol–water partition coefficient (Wildman–Crippen LogP) is 2.06. The van der Waals surface area contributed by atoms with E-state index in [4.69, 9.17) is 15.9 Å². The van der Waals surface area contributed by atoms with Crippen LogP contribution in [0.2, 0.25) is 0 Å². The second kappa shape index (κ2) is 5.71. The number of nitrogen functional groups attached to an aromatic ring is 1. The van der Waals surface area contributed by atoms with Gasteiger partial charge in [-0.3, -0.25) is 5.41 Å². The maximum atomic E-state index is 7.61. The summed E-state index contributed by atoms with van der Waals surface area (Å²) < 4.78 is 5.81. The lowest BCUT2D eigenvalue weighted by molar-refractivity contribution is 0.263. The molecule has 0 amide bonds. The standard InChI is InChI=1S/C15H19N3O/c1-18(2)9-10-19-14-8-7-13(15(16)17)11-5-3-4-6-12(11)14/h3-8H,9-10H2,1-2H3,(H3,16,17). The molecule has 0 unspecified atom stereocenters. The first-order valence-corrected chi connectivity index (χ1v) is 6.23. The van der Waals surface area contributed by atoms with Crippen molar-refractivity contribution in [2.24, 2.45) is 5.73 Å². The molecule has 3 N–H and O–H groups in total. The van der Waals surface area contributed by atoms with E-state index >= 15 is 0 Å². The van der Waals surface area contributed by atoms with Gasteiger partial charge in [0.2, 0.25) is 0 Å². The summed E-state index contributed by atoms with van der Waals surface area (Å²) in [5, 5.41) is 9.56. The highest BCUT2D eigenvalue weighted by molar-refractivity contribution is 6.09. The molecule has 0 saturated carbocycles. The van der Waals surface area contributed by atoms with Crippen LogP contribution in [0.3, 0.4) is 0 Å². The Hall–Kier alpha value is -2.07. The van der Waals surface area contributed by atoms with E-state index in [2.05, 4.69) is 4.90 Å². The molecule has 2 aromatic rings. The van der Waals surface area contributed by atoms with E-state index in [1.807, 2.05) is 50.5 Å². The fourth-order valence-corrected chi connectivity index (χ4v) is 1.97. The van der Waals surface area contributed by atoms with Crippen LogP contribution in [0, 0.1) is 5.41 Å². The van der Waals surface area contributed by atoms with Gasteiger partial charge in [0.15, 0.2) is 0 Å². The third kappa shape index (κ3) is 3.03. The minimum absolute atomic E-state index is 0.0797. The summed E-state index contributed by atoms with van der Waals surface area (Å²) in [4.78, 5) is 2.08. The summed E-state index contributed by atoms with van der Waals surface area (Å²) in [6.45, 7) is 1.50. The van der Waals surface area contributed by atoms with E-state index in [1.165, 1.54) is 0 Å². The molecule has 4 heteroatoms. The average Bonchev–Trinajstić information content (AvgIpc) is 2.38. The highest BCUT2D eigenvalue weighted by atomic mass is 16.5. The van der Waals surface area contributed by atoms with Gasteiger partial charge in [0.05, 0.1) is 0 Å². The van der Waals surface area contributed by atoms with Crippen LogP contribution >= 0.6 is 0 Å². The van der Waals surface area contributed by atoms with Crippen molar-refractivity contribution in [3.63, 3.8) is 0 Å². The molecule has 19 heavy (non-hydrogen) atoms. The molecular weight excluding hydrogens is 238 g/mol. The molecule has 2 rings (SSSR count). The van der Waals surface area contributed by atoms with Gasteiger partial charge in [0.1, 0.15) is 18.2 Å². The van der Waals surface area contributed by atoms with Crippen LogP contribution in [-0.2, 0) is 0 Å². The largest absolute Gasteiger partial charge is 0.492 e. The Morgan fingerprint density at radius 1 is 1.16 bits per heavy atom. The number of fused-ring (bicyclic) bond motifs is 1. The van der Waals surface area contributed by atoms with Crippen molar-refractivity contribution in [3.8, 4) is 5.75 Å². The molecule has 0 fully saturated rings. The predicted molar refractivity (Wildman–Crippen MR) is 79.0 cm³/mol. The van der Waals surface area contributed by atoms with E-state index in [0.29, 0.717) is 6.61 Å². The number of hydrogen-bond donors (Lipinski definition) is 2. The average molecular weight is 257 g/mol. The first-order chi connectivity index (χ1) is 9.09. The van der Waals surface area contributed by atoms with Crippen molar-refractivity contribution in [2.75, 3.05) is 27.2 Å². The SMILES string of the molecule is CN(C)CCOc1ccc(C(=N)N)c2ccccc12. The lowest BCUT2D eigenvalue weighted by Crippen LogP contribution is -2.19. The van der Waals surface area contributed by atoms with Gasteiger partial charge in [0, 0.05) is 17.5 Å². The summed E-state index contributed by atoms with van der Waals surface area (Å²) >= 11 is 0. The highest BCUT2D eigenvalue weighted by Gasteiger charge is 2.08. The number of nitrogens with one attached hydrogen (secondary N) is 1. The van der Waals surface area contributed by atoms with Gasteiger partial charge in [-0.25, -0.2) is 0 Å². The zero-order chi connectivity index (χ0) is 13.8. The minimum Gasteiger partial charge on any atom is -0.492 e. The summed E-state index contributed by atoms with van der Waals surface area (Å²) in [7, 11) is 4.03. The van der Waals surface area contributed by atoms with Crippen molar-refractivity contribution in [2.45, 2.75) is 0 Å². The number of rotatable bonds is 5. The third-order valence-corrected chi connectivity index (χ3v) is 2.97. The summed E-state index contributed by atoms with van der Waals surface area (Å²) in [6.07, 6.45) is 0. The molecule has 0 saturated heterocycles. The van der Waals surface area contributed by atoms with E-state index in [-0.39, 0.29) is 5.84 Å². The van der Waals surface area contributed by atoms with Gasteiger partial charge in [-0.05, 0) is 31.6 Å². The number of hydrogen-bond acceptors (Lipinski definition) is 3. The van der Waals surface area contributed by atoms with Crippen LogP contribution in [0.5, 0.6) is 5.75 Å². The quantitative estimate of drug-likeness (QED) is 0.636. The van der Waals surface area contributed by atoms with Crippen LogP contribution < -0.4 is 10.5 Å². The van der Waals surface area contributed by atoms with Crippen LogP contribution in [0.1, 0.15) is 5.56 Å². The van der Waals surface area contributed by atoms with Crippen LogP contribution in [0.15, 0.2) is 36.4 Å². The molecule has 0 aromatic heterocycles. The maximum Gasteiger partial charge on any atom is 0.127 e. The fraction of sp³-hybridized carbons (Fsp3) is 0.267. The van der Waals surface area contributed by atoms with Crippen LogP contribution in [-0.4, -0.2) is 38.0 Å². The Balaban J connectivity index is 2.36. The van der Waals surface area contributed by atoms with Crippen LogP contribution in [0.25, 0.3) is 10.8 Å². The van der Waals surface area contributed by atoms with Gasteiger partial charge >= 0.3 is 0 Å². The summed E-state index contributed by atoms with van der Waals surface area (Å²) in [5.74, 6) is 0.915. The van der Waals surface area contributed by atoms with Crippen molar-refractivity contribution >= 4 is 16.6 Å². The van der Waals surface area contributed by atoms with Crippen LogP contribution in [0.4, 0.5) is 0 Å². The van der Waals surface area contributed by atoms with Gasteiger partial charge in [-0.2, -0.15) is 0 Å². The molecule has 2 aromatic carbocycles. The summed E-state index contributed by atoms with van der Waals surface area (Å²) in [6, 6.07) is 11.6. The molecule has 0 aliphatic carbocycles.